The second-order valence-electron chi connectivity index (χ2n) is 5.25. The number of halogens is 2. The van der Waals surface area contributed by atoms with Crippen molar-refractivity contribution in [1.82, 2.24) is 5.32 Å². The maximum absolute atomic E-state index is 12.1. The average molecular weight is 285 g/mol. The highest BCUT2D eigenvalue weighted by Crippen LogP contribution is 2.28. The third kappa shape index (κ3) is 3.90. The van der Waals surface area contributed by atoms with E-state index in [0.29, 0.717) is 5.92 Å². The molecule has 3 nitrogen and oxygen atoms in total. The Morgan fingerprint density at radius 1 is 1.35 bits per heavy atom. The molecule has 1 aliphatic heterocycles. The first kappa shape index (κ1) is 15.2. The van der Waals surface area contributed by atoms with Crippen molar-refractivity contribution in [3.8, 4) is 5.75 Å². The monoisotopic (exact) mass is 285 g/mol. The summed E-state index contributed by atoms with van der Waals surface area (Å²) in [6.07, 6.45) is 2.57. The quantitative estimate of drug-likeness (QED) is 0.873. The summed E-state index contributed by atoms with van der Waals surface area (Å²) in [5.41, 5.74) is 0.723. The molecule has 0 bridgehead atoms. The molecular weight excluding hydrogens is 264 g/mol. The number of rotatable bonds is 5. The van der Waals surface area contributed by atoms with Crippen molar-refractivity contribution in [1.29, 1.82) is 0 Å². The number of piperidine rings is 1. The SMILES string of the molecule is CCC1CCNC(C(O)c2ccc(OC(F)F)cc2)C1. The van der Waals surface area contributed by atoms with Gasteiger partial charge in [-0.15, -0.1) is 0 Å². The molecular formula is C15H21F2NO2. The van der Waals surface area contributed by atoms with E-state index in [9.17, 15) is 13.9 Å². The summed E-state index contributed by atoms with van der Waals surface area (Å²) in [4.78, 5) is 0. The highest BCUT2D eigenvalue weighted by molar-refractivity contribution is 5.29. The van der Waals surface area contributed by atoms with Gasteiger partial charge < -0.3 is 15.2 Å². The molecule has 1 saturated heterocycles. The Labute approximate surface area is 117 Å². The van der Waals surface area contributed by atoms with Crippen LogP contribution < -0.4 is 10.1 Å². The van der Waals surface area contributed by atoms with Gasteiger partial charge in [0.25, 0.3) is 0 Å². The lowest BCUT2D eigenvalue weighted by Gasteiger charge is -2.33. The van der Waals surface area contributed by atoms with Crippen LogP contribution in [0.1, 0.15) is 37.9 Å². The van der Waals surface area contributed by atoms with E-state index >= 15 is 0 Å². The van der Waals surface area contributed by atoms with Crippen LogP contribution in [0.25, 0.3) is 0 Å². The number of benzene rings is 1. The molecule has 1 aromatic carbocycles. The molecule has 20 heavy (non-hydrogen) atoms. The maximum Gasteiger partial charge on any atom is 0.387 e. The third-order valence-corrected chi connectivity index (χ3v) is 3.95. The van der Waals surface area contributed by atoms with Crippen molar-refractivity contribution in [2.75, 3.05) is 6.54 Å². The molecule has 1 fully saturated rings. The zero-order chi connectivity index (χ0) is 14.5. The lowest BCUT2D eigenvalue weighted by molar-refractivity contribution is -0.0498. The van der Waals surface area contributed by atoms with Gasteiger partial charge in [-0.1, -0.05) is 25.5 Å². The van der Waals surface area contributed by atoms with E-state index in [1.807, 2.05) is 0 Å². The van der Waals surface area contributed by atoms with Gasteiger partial charge in [-0.05, 0) is 43.0 Å². The van der Waals surface area contributed by atoms with Crippen LogP contribution in [0.5, 0.6) is 5.75 Å². The summed E-state index contributed by atoms with van der Waals surface area (Å²) in [6.45, 7) is 0.249. The summed E-state index contributed by atoms with van der Waals surface area (Å²) >= 11 is 0. The van der Waals surface area contributed by atoms with Crippen LogP contribution >= 0.6 is 0 Å². The van der Waals surface area contributed by atoms with Crippen LogP contribution in [-0.4, -0.2) is 24.3 Å². The molecule has 0 saturated carbocycles. The second-order valence-corrected chi connectivity index (χ2v) is 5.25. The Balaban J connectivity index is 1.99. The van der Waals surface area contributed by atoms with Crippen LogP contribution in [0.2, 0.25) is 0 Å². The second kappa shape index (κ2) is 6.99. The Hall–Kier alpha value is -1.20. The van der Waals surface area contributed by atoms with Crippen LogP contribution in [-0.2, 0) is 0 Å². The van der Waals surface area contributed by atoms with Crippen LogP contribution in [0.3, 0.4) is 0 Å². The molecule has 0 radical (unpaired) electrons. The van der Waals surface area contributed by atoms with Gasteiger partial charge in [0.1, 0.15) is 5.75 Å². The molecule has 112 valence electrons. The van der Waals surface area contributed by atoms with Crippen LogP contribution in [0, 0.1) is 5.92 Å². The lowest BCUT2D eigenvalue weighted by Crippen LogP contribution is -2.42. The first-order valence-electron chi connectivity index (χ1n) is 7.06. The fraction of sp³-hybridized carbons (Fsp3) is 0.600. The Kier molecular flexibility index (Phi) is 5.31. The topological polar surface area (TPSA) is 41.5 Å². The number of aliphatic hydroxyl groups is 1. The Morgan fingerprint density at radius 2 is 2.05 bits per heavy atom. The largest absolute Gasteiger partial charge is 0.435 e. The fourth-order valence-electron chi connectivity index (χ4n) is 2.72. The highest BCUT2D eigenvalue weighted by atomic mass is 19.3. The van der Waals surface area contributed by atoms with E-state index in [2.05, 4.69) is 17.0 Å². The number of nitrogens with one attached hydrogen (secondary N) is 1. The average Bonchev–Trinajstić information content (AvgIpc) is 2.47. The minimum absolute atomic E-state index is 0.0237. The van der Waals surface area contributed by atoms with E-state index in [0.717, 1.165) is 31.4 Å². The smallest absolute Gasteiger partial charge is 0.387 e. The molecule has 5 heteroatoms. The minimum Gasteiger partial charge on any atom is -0.435 e. The predicted octanol–water partition coefficient (Wildman–Crippen LogP) is 3.10. The van der Waals surface area contributed by atoms with Gasteiger partial charge in [0, 0.05) is 6.04 Å². The first-order valence-corrected chi connectivity index (χ1v) is 7.06. The van der Waals surface area contributed by atoms with Gasteiger partial charge in [0.15, 0.2) is 0 Å². The summed E-state index contributed by atoms with van der Waals surface area (Å²) < 4.78 is 28.4. The van der Waals surface area contributed by atoms with Gasteiger partial charge in [-0.3, -0.25) is 0 Å². The van der Waals surface area contributed by atoms with Gasteiger partial charge >= 0.3 is 6.61 Å². The van der Waals surface area contributed by atoms with Crippen molar-refractivity contribution in [3.63, 3.8) is 0 Å². The molecule has 2 N–H and O–H groups in total. The molecule has 1 heterocycles. The highest BCUT2D eigenvalue weighted by Gasteiger charge is 2.27. The summed E-state index contributed by atoms with van der Waals surface area (Å²) in [7, 11) is 0. The first-order chi connectivity index (χ1) is 9.60. The van der Waals surface area contributed by atoms with E-state index in [1.165, 1.54) is 12.1 Å². The van der Waals surface area contributed by atoms with Crippen molar-refractivity contribution in [2.45, 2.75) is 44.9 Å². The molecule has 0 amide bonds. The standard InChI is InChI=1S/C15H21F2NO2/c1-2-10-7-8-18-13(9-10)14(19)11-3-5-12(6-4-11)20-15(16)17/h3-6,10,13-15,18-19H,2,7-9H2,1H3. The molecule has 0 aromatic heterocycles. The van der Waals surface area contributed by atoms with E-state index < -0.39 is 12.7 Å². The molecule has 1 aromatic rings. The van der Waals surface area contributed by atoms with E-state index in [1.54, 1.807) is 12.1 Å². The zero-order valence-electron chi connectivity index (χ0n) is 11.6. The number of aliphatic hydroxyl groups excluding tert-OH is 1. The molecule has 2 rings (SSSR count). The normalized spacial score (nSPS) is 24.6. The molecule has 0 spiro atoms. The van der Waals surface area contributed by atoms with Gasteiger partial charge in [0.2, 0.25) is 0 Å². The van der Waals surface area contributed by atoms with Crippen molar-refractivity contribution in [2.24, 2.45) is 5.92 Å². The Bertz CT molecular complexity index is 411. The van der Waals surface area contributed by atoms with E-state index in [-0.39, 0.29) is 11.8 Å². The van der Waals surface area contributed by atoms with Crippen molar-refractivity contribution in [3.05, 3.63) is 29.8 Å². The Morgan fingerprint density at radius 3 is 2.65 bits per heavy atom. The number of hydrogen-bond donors (Lipinski definition) is 2. The summed E-state index contributed by atoms with van der Waals surface area (Å²) in [5, 5.41) is 13.7. The minimum atomic E-state index is -2.82. The number of alkyl halides is 2. The van der Waals surface area contributed by atoms with E-state index in [4.69, 9.17) is 0 Å². The fourth-order valence-corrected chi connectivity index (χ4v) is 2.72. The van der Waals surface area contributed by atoms with Gasteiger partial charge in [-0.25, -0.2) is 0 Å². The number of hydrogen-bond acceptors (Lipinski definition) is 3. The van der Waals surface area contributed by atoms with Crippen LogP contribution in [0.4, 0.5) is 8.78 Å². The van der Waals surface area contributed by atoms with Crippen LogP contribution in [0.15, 0.2) is 24.3 Å². The molecule has 1 aliphatic rings. The lowest BCUT2D eigenvalue weighted by atomic mass is 9.86. The van der Waals surface area contributed by atoms with Crippen molar-refractivity contribution >= 4 is 0 Å². The molecule has 3 unspecified atom stereocenters. The maximum atomic E-state index is 12.1. The number of ether oxygens (including phenoxy) is 1. The predicted molar refractivity (Wildman–Crippen MR) is 72.8 cm³/mol. The van der Waals surface area contributed by atoms with Gasteiger partial charge in [-0.2, -0.15) is 8.78 Å². The summed E-state index contributed by atoms with van der Waals surface area (Å²) in [6, 6.07) is 6.23. The van der Waals surface area contributed by atoms with Gasteiger partial charge in [0.05, 0.1) is 6.10 Å². The third-order valence-electron chi connectivity index (χ3n) is 3.95. The zero-order valence-corrected chi connectivity index (χ0v) is 11.6. The summed E-state index contributed by atoms with van der Waals surface area (Å²) in [5.74, 6) is 0.747. The van der Waals surface area contributed by atoms with Crippen molar-refractivity contribution < 1.29 is 18.6 Å². The molecule has 3 atom stereocenters. The molecule has 0 aliphatic carbocycles.